The Labute approximate surface area is 86.8 Å². The number of aliphatic carboxylic acids is 1. The third-order valence-electron chi connectivity index (χ3n) is 2.97. The molecule has 0 aliphatic heterocycles. The standard InChI is InChI=1S/C9H16O6/c10-7(11)4-1-5(8(12)13)3-6(2-4)9(14)15/h4-8,10-13H,1-3H2,(H,14,15). The monoisotopic (exact) mass is 220 g/mol. The Morgan fingerprint density at radius 1 is 0.933 bits per heavy atom. The summed E-state index contributed by atoms with van der Waals surface area (Å²) < 4.78 is 0. The van der Waals surface area contributed by atoms with Crippen LogP contribution in [0.15, 0.2) is 0 Å². The number of hydrogen-bond acceptors (Lipinski definition) is 5. The second-order valence-corrected chi connectivity index (χ2v) is 4.09. The van der Waals surface area contributed by atoms with Crippen LogP contribution in [0.2, 0.25) is 0 Å². The van der Waals surface area contributed by atoms with Gasteiger partial charge in [-0.15, -0.1) is 0 Å². The van der Waals surface area contributed by atoms with E-state index in [0.29, 0.717) is 0 Å². The van der Waals surface area contributed by atoms with Gasteiger partial charge in [-0.1, -0.05) is 0 Å². The highest BCUT2D eigenvalue weighted by Crippen LogP contribution is 2.36. The molecule has 2 atom stereocenters. The van der Waals surface area contributed by atoms with Crippen molar-refractivity contribution < 1.29 is 30.3 Å². The molecule has 0 spiro atoms. The van der Waals surface area contributed by atoms with Crippen molar-refractivity contribution in [3.8, 4) is 0 Å². The maximum absolute atomic E-state index is 10.8. The molecule has 0 bridgehead atoms. The lowest BCUT2D eigenvalue weighted by atomic mass is 9.74. The van der Waals surface area contributed by atoms with Gasteiger partial charge in [-0.3, -0.25) is 4.79 Å². The van der Waals surface area contributed by atoms with E-state index in [0.717, 1.165) is 0 Å². The van der Waals surface area contributed by atoms with Crippen LogP contribution in [-0.2, 0) is 4.79 Å². The largest absolute Gasteiger partial charge is 0.481 e. The molecule has 1 saturated carbocycles. The average Bonchev–Trinajstić information content (AvgIpc) is 2.16. The lowest BCUT2D eigenvalue weighted by Crippen LogP contribution is -2.38. The molecule has 2 unspecified atom stereocenters. The minimum absolute atomic E-state index is 0.163. The molecule has 88 valence electrons. The Morgan fingerprint density at radius 3 is 1.60 bits per heavy atom. The minimum atomic E-state index is -1.60. The molecular formula is C9H16O6. The Bertz CT molecular complexity index is 211. The van der Waals surface area contributed by atoms with Crippen molar-refractivity contribution >= 4 is 5.97 Å². The van der Waals surface area contributed by atoms with Crippen molar-refractivity contribution in [1.29, 1.82) is 0 Å². The summed E-state index contributed by atoms with van der Waals surface area (Å²) in [6.07, 6.45) is -2.66. The molecule has 1 aliphatic carbocycles. The highest BCUT2D eigenvalue weighted by molar-refractivity contribution is 5.70. The van der Waals surface area contributed by atoms with E-state index in [9.17, 15) is 4.79 Å². The van der Waals surface area contributed by atoms with Gasteiger partial charge in [-0.2, -0.15) is 0 Å². The van der Waals surface area contributed by atoms with E-state index < -0.39 is 36.3 Å². The van der Waals surface area contributed by atoms with Crippen LogP contribution in [0.5, 0.6) is 0 Å². The van der Waals surface area contributed by atoms with Gasteiger partial charge in [0.05, 0.1) is 5.92 Å². The first-order valence-electron chi connectivity index (χ1n) is 4.87. The van der Waals surface area contributed by atoms with Gasteiger partial charge in [0, 0.05) is 11.8 Å². The normalized spacial score (nSPS) is 32.3. The highest BCUT2D eigenvalue weighted by Gasteiger charge is 2.37. The quantitative estimate of drug-likeness (QED) is 0.378. The number of carboxylic acid groups (broad SMARTS) is 1. The molecule has 1 aliphatic rings. The molecule has 0 aromatic rings. The number of aliphatic hydroxyl groups excluding tert-OH is 2. The van der Waals surface area contributed by atoms with E-state index in [1.807, 2.05) is 0 Å². The summed E-state index contributed by atoms with van der Waals surface area (Å²) in [6.45, 7) is 0. The molecule has 5 N–H and O–H groups in total. The van der Waals surface area contributed by atoms with Crippen LogP contribution in [0.1, 0.15) is 19.3 Å². The molecule has 6 heteroatoms. The topological polar surface area (TPSA) is 118 Å². The molecule has 6 nitrogen and oxygen atoms in total. The van der Waals surface area contributed by atoms with Crippen molar-refractivity contribution in [2.75, 3.05) is 0 Å². The lowest BCUT2D eigenvalue weighted by molar-refractivity contribution is -0.160. The third kappa shape index (κ3) is 3.13. The van der Waals surface area contributed by atoms with Gasteiger partial charge in [-0.05, 0) is 19.3 Å². The maximum atomic E-state index is 10.8. The van der Waals surface area contributed by atoms with Crippen molar-refractivity contribution in [2.45, 2.75) is 31.8 Å². The van der Waals surface area contributed by atoms with E-state index in [-0.39, 0.29) is 19.3 Å². The zero-order valence-electron chi connectivity index (χ0n) is 8.15. The minimum Gasteiger partial charge on any atom is -0.481 e. The van der Waals surface area contributed by atoms with Gasteiger partial charge in [0.2, 0.25) is 0 Å². The van der Waals surface area contributed by atoms with Crippen LogP contribution < -0.4 is 0 Å². The van der Waals surface area contributed by atoms with Gasteiger partial charge in [0.15, 0.2) is 12.6 Å². The van der Waals surface area contributed by atoms with Crippen LogP contribution in [0, 0.1) is 17.8 Å². The van der Waals surface area contributed by atoms with E-state index in [1.165, 1.54) is 0 Å². The molecule has 0 saturated heterocycles. The second-order valence-electron chi connectivity index (χ2n) is 4.09. The molecule has 0 heterocycles. The number of carbonyl (C=O) groups is 1. The summed E-state index contributed by atoms with van der Waals surface area (Å²) in [4.78, 5) is 10.8. The van der Waals surface area contributed by atoms with Crippen LogP contribution in [0.25, 0.3) is 0 Å². The first-order chi connectivity index (χ1) is 6.91. The summed E-state index contributed by atoms with van der Waals surface area (Å²) in [5.74, 6) is -2.98. The Balaban J connectivity index is 2.68. The predicted octanol–water partition coefficient (Wildman–Crippen LogP) is -1.28. The van der Waals surface area contributed by atoms with Crippen LogP contribution in [0.4, 0.5) is 0 Å². The summed E-state index contributed by atoms with van der Waals surface area (Å²) in [6, 6.07) is 0. The van der Waals surface area contributed by atoms with Gasteiger partial charge < -0.3 is 25.5 Å². The summed E-state index contributed by atoms with van der Waals surface area (Å²) in [5, 5.41) is 44.7. The average molecular weight is 220 g/mol. The van der Waals surface area contributed by atoms with Crippen molar-refractivity contribution in [1.82, 2.24) is 0 Å². The van der Waals surface area contributed by atoms with E-state index in [2.05, 4.69) is 0 Å². The Kier molecular flexibility index (Phi) is 4.04. The van der Waals surface area contributed by atoms with Crippen molar-refractivity contribution in [3.05, 3.63) is 0 Å². The van der Waals surface area contributed by atoms with Crippen LogP contribution >= 0.6 is 0 Å². The molecule has 0 amide bonds. The maximum Gasteiger partial charge on any atom is 0.306 e. The Hall–Kier alpha value is -0.690. The lowest BCUT2D eigenvalue weighted by Gasteiger charge is -2.34. The predicted molar refractivity (Wildman–Crippen MR) is 48.4 cm³/mol. The SMILES string of the molecule is O=C(O)C1CC(C(O)O)CC(C(O)O)C1. The second kappa shape index (κ2) is 4.89. The first-order valence-corrected chi connectivity index (χ1v) is 4.87. The van der Waals surface area contributed by atoms with E-state index in [4.69, 9.17) is 25.5 Å². The number of rotatable bonds is 3. The molecule has 1 rings (SSSR count). The molecule has 0 aromatic heterocycles. The van der Waals surface area contributed by atoms with E-state index >= 15 is 0 Å². The number of aliphatic hydroxyl groups is 4. The van der Waals surface area contributed by atoms with Gasteiger partial charge in [0.1, 0.15) is 0 Å². The third-order valence-corrected chi connectivity index (χ3v) is 2.97. The van der Waals surface area contributed by atoms with Gasteiger partial charge >= 0.3 is 5.97 Å². The van der Waals surface area contributed by atoms with Gasteiger partial charge in [-0.25, -0.2) is 0 Å². The van der Waals surface area contributed by atoms with Crippen LogP contribution in [0.3, 0.4) is 0 Å². The van der Waals surface area contributed by atoms with Crippen molar-refractivity contribution in [3.63, 3.8) is 0 Å². The fourth-order valence-corrected chi connectivity index (χ4v) is 2.10. The zero-order chi connectivity index (χ0) is 11.6. The summed E-state index contributed by atoms with van der Waals surface area (Å²) in [7, 11) is 0. The smallest absolute Gasteiger partial charge is 0.306 e. The molecule has 0 radical (unpaired) electrons. The van der Waals surface area contributed by atoms with Gasteiger partial charge in [0.25, 0.3) is 0 Å². The number of hydrogen-bond donors (Lipinski definition) is 5. The number of carboxylic acids is 1. The highest BCUT2D eigenvalue weighted by atomic mass is 16.5. The van der Waals surface area contributed by atoms with Crippen LogP contribution in [-0.4, -0.2) is 44.1 Å². The fraction of sp³-hybridized carbons (Fsp3) is 0.889. The molecule has 0 aromatic carbocycles. The molecular weight excluding hydrogens is 204 g/mol. The Morgan fingerprint density at radius 2 is 1.33 bits per heavy atom. The molecule has 15 heavy (non-hydrogen) atoms. The fourth-order valence-electron chi connectivity index (χ4n) is 2.10. The summed E-state index contributed by atoms with van der Waals surface area (Å²) >= 11 is 0. The van der Waals surface area contributed by atoms with Crippen molar-refractivity contribution in [2.24, 2.45) is 17.8 Å². The molecule has 1 fully saturated rings. The van der Waals surface area contributed by atoms with E-state index in [1.54, 1.807) is 0 Å². The summed E-state index contributed by atoms with van der Waals surface area (Å²) in [5.41, 5.74) is 0. The first kappa shape index (κ1) is 12.4. The zero-order valence-corrected chi connectivity index (χ0v) is 8.15.